The minimum atomic E-state index is -1.26. The summed E-state index contributed by atoms with van der Waals surface area (Å²) < 4.78 is 0. The normalized spacial score (nSPS) is 18.2. The number of benzene rings is 2. The molecule has 11 heteroatoms. The van der Waals surface area contributed by atoms with Gasteiger partial charge in [0, 0.05) is 23.9 Å². The third kappa shape index (κ3) is 5.22. The summed E-state index contributed by atoms with van der Waals surface area (Å²) in [5.74, 6) is 0.139. The second-order valence-corrected chi connectivity index (χ2v) is 10.5. The van der Waals surface area contributed by atoms with Crippen LogP contribution in [-0.4, -0.2) is 48.7 Å². The minimum absolute atomic E-state index is 0.0305. The third-order valence-electron chi connectivity index (χ3n) is 7.19. The monoisotopic (exact) mass is 541 g/mol. The van der Waals surface area contributed by atoms with Crippen molar-refractivity contribution in [3.63, 3.8) is 0 Å². The van der Waals surface area contributed by atoms with Gasteiger partial charge in [0.05, 0.1) is 18.8 Å². The van der Waals surface area contributed by atoms with Crippen LogP contribution in [0.4, 0.5) is 10.7 Å². The summed E-state index contributed by atoms with van der Waals surface area (Å²) in [6.07, 6.45) is 1.62. The molecular weight excluding hydrogens is 510 g/mol. The van der Waals surface area contributed by atoms with Crippen molar-refractivity contribution >= 4 is 29.8 Å². The Morgan fingerprint density at radius 2 is 1.90 bits per heavy atom. The van der Waals surface area contributed by atoms with E-state index in [2.05, 4.69) is 29.1 Å². The number of fused-ring (bicyclic) bond motifs is 1. The molecule has 2 aliphatic heterocycles. The topological polar surface area (TPSA) is 154 Å². The van der Waals surface area contributed by atoms with Crippen LogP contribution in [0.1, 0.15) is 59.4 Å². The van der Waals surface area contributed by atoms with Crippen LogP contribution in [0.5, 0.6) is 0 Å². The molecule has 0 aliphatic carbocycles. The Labute approximate surface area is 231 Å². The number of guanidine groups is 1. The van der Waals surface area contributed by atoms with Crippen LogP contribution in [0.25, 0.3) is 0 Å². The van der Waals surface area contributed by atoms with E-state index in [0.29, 0.717) is 30.1 Å². The maximum Gasteiger partial charge on any atom is 0.411 e. The molecule has 3 heterocycles. The molecule has 0 unspecified atom stereocenters. The molecule has 40 heavy (non-hydrogen) atoms. The van der Waals surface area contributed by atoms with Gasteiger partial charge in [0.1, 0.15) is 0 Å². The predicted molar refractivity (Wildman–Crippen MR) is 148 cm³/mol. The van der Waals surface area contributed by atoms with E-state index in [0.717, 1.165) is 23.1 Å². The van der Waals surface area contributed by atoms with Gasteiger partial charge in [-0.2, -0.15) is 0 Å². The molecule has 0 saturated carbocycles. The van der Waals surface area contributed by atoms with Crippen LogP contribution in [0.2, 0.25) is 0 Å². The molecule has 1 aromatic heterocycles. The van der Waals surface area contributed by atoms with E-state index >= 15 is 0 Å². The third-order valence-corrected chi connectivity index (χ3v) is 7.19. The van der Waals surface area contributed by atoms with E-state index in [1.807, 2.05) is 36.4 Å². The second-order valence-electron chi connectivity index (χ2n) is 10.5. The first kappa shape index (κ1) is 26.8. The number of anilines is 1. The molecule has 1 atom stereocenters. The van der Waals surface area contributed by atoms with E-state index in [-0.39, 0.29) is 36.8 Å². The summed E-state index contributed by atoms with van der Waals surface area (Å²) in [5.41, 5.74) is 8.64. The number of aliphatic imine (C=N–C) groups is 1. The number of aromatic nitrogens is 2. The molecule has 0 saturated heterocycles. The maximum atomic E-state index is 13.9. The van der Waals surface area contributed by atoms with Crippen LogP contribution in [0.15, 0.2) is 65.8 Å². The molecule has 0 radical (unpaired) electrons. The van der Waals surface area contributed by atoms with Crippen LogP contribution in [0.3, 0.4) is 0 Å². The molecule has 2 aliphatic rings. The fourth-order valence-corrected chi connectivity index (χ4v) is 5.11. The molecule has 4 N–H and O–H groups in total. The van der Waals surface area contributed by atoms with Crippen molar-refractivity contribution in [3.8, 4) is 0 Å². The predicted octanol–water partition coefficient (Wildman–Crippen LogP) is 3.71. The quantitative estimate of drug-likeness (QED) is 0.393. The molecule has 0 bridgehead atoms. The fourth-order valence-electron chi connectivity index (χ4n) is 5.11. The molecule has 0 spiro atoms. The number of nitrogens with zero attached hydrogens (tertiary/aromatic N) is 5. The molecule has 3 amide bonds. The van der Waals surface area contributed by atoms with E-state index in [1.165, 1.54) is 11.1 Å². The van der Waals surface area contributed by atoms with Gasteiger partial charge in [-0.25, -0.2) is 19.8 Å². The maximum absolute atomic E-state index is 13.9. The average Bonchev–Trinajstić information content (AvgIpc) is 3.46. The van der Waals surface area contributed by atoms with Crippen molar-refractivity contribution in [1.29, 1.82) is 0 Å². The number of amides is 3. The summed E-state index contributed by atoms with van der Waals surface area (Å²) in [6.45, 7) is 4.95. The Kier molecular flexibility index (Phi) is 7.20. The Bertz CT molecular complexity index is 1490. The number of nitrogens with two attached hydrogens (primary N) is 1. The number of carbonyl (C=O) groups excluding carboxylic acids is 2. The van der Waals surface area contributed by atoms with Gasteiger partial charge in [0.15, 0.2) is 11.5 Å². The number of carbonyl (C=O) groups is 3. The minimum Gasteiger partial charge on any atom is -0.465 e. The first-order chi connectivity index (χ1) is 19.2. The highest BCUT2D eigenvalue weighted by atomic mass is 16.4. The summed E-state index contributed by atoms with van der Waals surface area (Å²) >= 11 is 0. The molecule has 5 rings (SSSR count). The molecule has 2 aromatic carbocycles. The second kappa shape index (κ2) is 10.8. The summed E-state index contributed by atoms with van der Waals surface area (Å²) in [5, 5.41) is 11.0. The lowest BCUT2D eigenvalue weighted by Gasteiger charge is -2.27. The molecular formula is C29H31N7O4. The van der Waals surface area contributed by atoms with Gasteiger partial charge >= 0.3 is 6.09 Å². The van der Waals surface area contributed by atoms with Gasteiger partial charge in [-0.05, 0) is 42.0 Å². The van der Waals surface area contributed by atoms with Crippen molar-refractivity contribution in [2.75, 3.05) is 5.32 Å². The Morgan fingerprint density at radius 3 is 2.62 bits per heavy atom. The van der Waals surface area contributed by atoms with Crippen LogP contribution in [-0.2, 0) is 30.0 Å². The van der Waals surface area contributed by atoms with Crippen LogP contribution >= 0.6 is 0 Å². The average molecular weight is 542 g/mol. The Hall–Kier alpha value is -4.80. The van der Waals surface area contributed by atoms with Crippen molar-refractivity contribution in [1.82, 2.24) is 19.8 Å². The lowest BCUT2D eigenvalue weighted by Crippen LogP contribution is -2.42. The SMILES string of the molecule is CC(C)CC[C@]1(c2ccccc2)N=C(N)N(Cc2cccc(C(=O)N3Cc4cnc(NC(=O)O)nc4C3)c2)C1=O. The van der Waals surface area contributed by atoms with E-state index in [1.54, 1.807) is 23.1 Å². The molecule has 206 valence electrons. The van der Waals surface area contributed by atoms with E-state index in [9.17, 15) is 14.4 Å². The van der Waals surface area contributed by atoms with Crippen LogP contribution < -0.4 is 11.1 Å². The number of hydrogen-bond acceptors (Lipinski definition) is 7. The lowest BCUT2D eigenvalue weighted by atomic mass is 9.83. The first-order valence-corrected chi connectivity index (χ1v) is 13.1. The summed E-state index contributed by atoms with van der Waals surface area (Å²) in [7, 11) is 0. The van der Waals surface area contributed by atoms with Crippen molar-refractivity contribution < 1.29 is 19.5 Å². The van der Waals surface area contributed by atoms with Crippen molar-refractivity contribution in [2.24, 2.45) is 16.6 Å². The zero-order valence-electron chi connectivity index (χ0n) is 22.4. The highest BCUT2D eigenvalue weighted by molar-refractivity contribution is 6.07. The number of carboxylic acid groups (broad SMARTS) is 1. The number of hydrogen-bond donors (Lipinski definition) is 3. The van der Waals surface area contributed by atoms with Gasteiger partial charge in [0.25, 0.3) is 11.8 Å². The number of rotatable bonds is 8. The smallest absolute Gasteiger partial charge is 0.411 e. The van der Waals surface area contributed by atoms with Gasteiger partial charge in [-0.1, -0.05) is 56.3 Å². The van der Waals surface area contributed by atoms with Gasteiger partial charge < -0.3 is 15.7 Å². The van der Waals surface area contributed by atoms with Gasteiger partial charge in [-0.3, -0.25) is 19.8 Å². The molecule has 11 nitrogen and oxygen atoms in total. The summed E-state index contributed by atoms with van der Waals surface area (Å²) in [4.78, 5) is 54.2. The van der Waals surface area contributed by atoms with E-state index < -0.39 is 11.6 Å². The van der Waals surface area contributed by atoms with Gasteiger partial charge in [-0.15, -0.1) is 0 Å². The lowest BCUT2D eigenvalue weighted by molar-refractivity contribution is -0.132. The fraction of sp³-hybridized carbons (Fsp3) is 0.310. The highest BCUT2D eigenvalue weighted by Crippen LogP contribution is 2.39. The Balaban J connectivity index is 1.33. The number of nitrogens with one attached hydrogen (secondary N) is 1. The zero-order valence-corrected chi connectivity index (χ0v) is 22.4. The Morgan fingerprint density at radius 1 is 1.12 bits per heavy atom. The van der Waals surface area contributed by atoms with E-state index in [4.69, 9.17) is 15.8 Å². The zero-order chi connectivity index (χ0) is 28.4. The molecule has 0 fully saturated rings. The molecule has 3 aromatic rings. The highest BCUT2D eigenvalue weighted by Gasteiger charge is 2.48. The van der Waals surface area contributed by atoms with Gasteiger partial charge in [0.2, 0.25) is 5.95 Å². The van der Waals surface area contributed by atoms with Crippen molar-refractivity contribution in [2.45, 2.75) is 51.9 Å². The van der Waals surface area contributed by atoms with Crippen molar-refractivity contribution in [3.05, 3.63) is 88.7 Å². The largest absolute Gasteiger partial charge is 0.465 e. The van der Waals surface area contributed by atoms with Crippen LogP contribution in [0, 0.1) is 5.92 Å². The summed E-state index contributed by atoms with van der Waals surface area (Å²) in [6, 6.07) is 16.6. The standard InChI is InChI=1S/C29H31N7O4/c1-18(2)11-12-29(22-9-4-3-5-10-22)25(38)36(26(30)34-29)15-19-7-6-8-20(13-19)24(37)35-16-21-14-31-27(33-28(39)40)32-23(21)17-35/h3-10,13-14,18H,11-12,15-17H2,1-2H3,(H2,30,34)(H,39,40)(H,31,32,33)/t29-/m1/s1. The first-order valence-electron chi connectivity index (χ1n) is 13.1.